The second kappa shape index (κ2) is 15.1. The maximum Gasteiger partial charge on any atom is 0.268 e. The third kappa shape index (κ3) is 7.32. The highest BCUT2D eigenvalue weighted by Gasteiger charge is 2.27. The van der Waals surface area contributed by atoms with Gasteiger partial charge >= 0.3 is 0 Å². The number of amides is 3. The third-order valence-electron chi connectivity index (χ3n) is 9.93. The summed E-state index contributed by atoms with van der Waals surface area (Å²) in [6, 6.07) is 26.4. The monoisotopic (exact) mass is 719 g/mol. The van der Waals surface area contributed by atoms with Gasteiger partial charge in [0.1, 0.15) is 5.52 Å². The van der Waals surface area contributed by atoms with Crippen molar-refractivity contribution < 1.29 is 24.0 Å². The number of aromatic nitrogens is 4. The van der Waals surface area contributed by atoms with Crippen LogP contribution in [0.25, 0.3) is 39.7 Å². The standard InChI is InChI=1S/C42H37N7O5/c50-39(47-53)25-32(35-13-6-8-29(44-35)16-18-41(52)49-24-21-31-30-9-1-2-10-33(30)45-37(31)26-49)34-12-5-7-28(43-34)15-17-40(51)48-22-19-27(20-23-48)42-46-36-11-3-4-14-38(36)54-42/h1-18,25,27,45,53H,19-24,26H2,(H,47,50). The Labute approximate surface area is 310 Å². The first-order valence-corrected chi connectivity index (χ1v) is 17.9. The Balaban J connectivity index is 0.938. The Kier molecular flexibility index (Phi) is 9.65. The highest BCUT2D eigenvalue weighted by molar-refractivity contribution is 5.98. The number of piperidine rings is 1. The van der Waals surface area contributed by atoms with Crippen molar-refractivity contribution in [2.75, 3.05) is 19.6 Å². The minimum atomic E-state index is -0.761. The van der Waals surface area contributed by atoms with Gasteiger partial charge in [-0.05, 0) is 79.4 Å². The summed E-state index contributed by atoms with van der Waals surface area (Å²) in [6.07, 6.45) is 9.75. The summed E-state index contributed by atoms with van der Waals surface area (Å²) in [5.41, 5.74) is 8.77. The molecule has 0 spiro atoms. The average Bonchev–Trinajstić information content (AvgIpc) is 3.83. The van der Waals surface area contributed by atoms with Gasteiger partial charge in [-0.1, -0.05) is 42.5 Å². The Morgan fingerprint density at radius 3 is 2.15 bits per heavy atom. The number of nitrogens with zero attached hydrogens (tertiary/aromatic N) is 5. The minimum Gasteiger partial charge on any atom is -0.440 e. The summed E-state index contributed by atoms with van der Waals surface area (Å²) in [5.74, 6) is -0.160. The van der Waals surface area contributed by atoms with Crippen molar-refractivity contribution in [1.82, 2.24) is 35.2 Å². The summed E-state index contributed by atoms with van der Waals surface area (Å²) in [7, 11) is 0. The first-order valence-electron chi connectivity index (χ1n) is 17.9. The summed E-state index contributed by atoms with van der Waals surface area (Å²) >= 11 is 0. The van der Waals surface area contributed by atoms with Crippen molar-refractivity contribution >= 4 is 57.4 Å². The van der Waals surface area contributed by atoms with Crippen LogP contribution < -0.4 is 5.48 Å². The molecule has 1 fully saturated rings. The van der Waals surface area contributed by atoms with Crippen LogP contribution in [0.1, 0.15) is 58.7 Å². The normalized spacial score (nSPS) is 15.4. The van der Waals surface area contributed by atoms with E-state index in [1.54, 1.807) is 63.8 Å². The Hall–Kier alpha value is -6.66. The van der Waals surface area contributed by atoms with Crippen LogP contribution in [0.5, 0.6) is 0 Å². The predicted octanol–water partition coefficient (Wildman–Crippen LogP) is 6.05. The number of hydrogen-bond donors (Lipinski definition) is 3. The van der Waals surface area contributed by atoms with Gasteiger partial charge < -0.3 is 19.2 Å². The van der Waals surface area contributed by atoms with Gasteiger partial charge in [-0.3, -0.25) is 19.6 Å². The summed E-state index contributed by atoms with van der Waals surface area (Å²) in [6.45, 7) is 2.25. The number of H-pyrrole nitrogens is 1. The molecule has 2 aliphatic rings. The number of hydroxylamine groups is 1. The number of carbonyl (C=O) groups is 3. The molecule has 6 aromatic rings. The zero-order valence-electron chi connectivity index (χ0n) is 29.3. The number of likely N-dealkylation sites (tertiary alicyclic amines) is 1. The summed E-state index contributed by atoms with van der Waals surface area (Å²) < 4.78 is 5.97. The molecule has 12 heteroatoms. The molecular weight excluding hydrogens is 683 g/mol. The van der Waals surface area contributed by atoms with E-state index in [1.807, 2.05) is 42.5 Å². The van der Waals surface area contributed by atoms with E-state index < -0.39 is 5.91 Å². The molecule has 4 aromatic heterocycles. The molecule has 12 nitrogen and oxygen atoms in total. The van der Waals surface area contributed by atoms with E-state index in [2.05, 4.69) is 16.0 Å². The Morgan fingerprint density at radius 1 is 0.778 bits per heavy atom. The van der Waals surface area contributed by atoms with Gasteiger partial charge in [-0.2, -0.15) is 0 Å². The molecule has 0 unspecified atom stereocenters. The third-order valence-corrected chi connectivity index (χ3v) is 9.93. The Bertz CT molecular complexity index is 2440. The fourth-order valence-corrected chi connectivity index (χ4v) is 7.15. The lowest BCUT2D eigenvalue weighted by Gasteiger charge is -2.29. The molecule has 6 heterocycles. The van der Waals surface area contributed by atoms with E-state index >= 15 is 0 Å². The van der Waals surface area contributed by atoms with E-state index in [0.29, 0.717) is 60.4 Å². The van der Waals surface area contributed by atoms with Gasteiger partial charge in [0.15, 0.2) is 11.5 Å². The molecule has 0 aliphatic carbocycles. The fraction of sp³-hybridized carbons (Fsp3) is 0.190. The van der Waals surface area contributed by atoms with Gasteiger partial charge in [0, 0.05) is 66.0 Å². The summed E-state index contributed by atoms with van der Waals surface area (Å²) in [4.78, 5) is 59.9. The van der Waals surface area contributed by atoms with Gasteiger partial charge in [0.05, 0.1) is 29.3 Å². The van der Waals surface area contributed by atoms with Crippen molar-refractivity contribution in [1.29, 1.82) is 0 Å². The van der Waals surface area contributed by atoms with Gasteiger partial charge in [0.25, 0.3) is 5.91 Å². The van der Waals surface area contributed by atoms with Crippen molar-refractivity contribution in [3.63, 3.8) is 0 Å². The van der Waals surface area contributed by atoms with Crippen molar-refractivity contribution in [3.05, 3.63) is 143 Å². The zero-order chi connectivity index (χ0) is 37.0. The van der Waals surface area contributed by atoms with Gasteiger partial charge in [-0.25, -0.2) is 20.4 Å². The van der Waals surface area contributed by atoms with Crippen LogP contribution in [0.15, 0.2) is 108 Å². The number of para-hydroxylation sites is 3. The number of oxazole rings is 1. The molecule has 8 rings (SSSR count). The largest absolute Gasteiger partial charge is 0.440 e. The van der Waals surface area contributed by atoms with E-state index in [9.17, 15) is 19.6 Å². The molecule has 2 aliphatic heterocycles. The van der Waals surface area contributed by atoms with Crippen LogP contribution >= 0.6 is 0 Å². The number of fused-ring (bicyclic) bond motifs is 4. The number of pyridine rings is 2. The fourth-order valence-electron chi connectivity index (χ4n) is 7.15. The maximum atomic E-state index is 13.2. The number of benzene rings is 2. The molecule has 270 valence electrons. The number of nitrogens with one attached hydrogen (secondary N) is 2. The van der Waals surface area contributed by atoms with Crippen molar-refractivity contribution in [2.24, 2.45) is 0 Å². The smallest absolute Gasteiger partial charge is 0.268 e. The maximum absolute atomic E-state index is 13.2. The quantitative estimate of drug-likeness (QED) is 0.0975. The van der Waals surface area contributed by atoms with Crippen LogP contribution in [0.2, 0.25) is 0 Å². The minimum absolute atomic E-state index is 0.129. The van der Waals surface area contributed by atoms with E-state index in [4.69, 9.17) is 14.4 Å². The number of hydrogen-bond acceptors (Lipinski definition) is 8. The van der Waals surface area contributed by atoms with Gasteiger partial charge in [0.2, 0.25) is 11.8 Å². The highest BCUT2D eigenvalue weighted by Crippen LogP contribution is 2.31. The Morgan fingerprint density at radius 2 is 1.44 bits per heavy atom. The van der Waals surface area contributed by atoms with Crippen molar-refractivity contribution in [3.8, 4) is 0 Å². The lowest BCUT2D eigenvalue weighted by Crippen LogP contribution is -2.36. The van der Waals surface area contributed by atoms with E-state index in [-0.39, 0.29) is 17.7 Å². The SMILES string of the molecule is O=C(C=C(c1cccc(C=CC(=O)N2CCC(c3nc4ccccc4o3)CC2)n1)c1cccc(C=CC(=O)N2CCc3c([nH]c4ccccc34)C2)n1)NO. The van der Waals surface area contributed by atoms with Crippen LogP contribution in [0, 0.1) is 0 Å². The van der Waals surface area contributed by atoms with Crippen molar-refractivity contribution in [2.45, 2.75) is 31.7 Å². The van der Waals surface area contributed by atoms with Crippen LogP contribution in [-0.2, 0) is 27.3 Å². The second-order valence-corrected chi connectivity index (χ2v) is 13.4. The molecule has 0 saturated carbocycles. The second-order valence-electron chi connectivity index (χ2n) is 13.4. The first kappa shape index (κ1) is 34.4. The molecular formula is C42H37N7O5. The highest BCUT2D eigenvalue weighted by atomic mass is 16.5. The lowest BCUT2D eigenvalue weighted by molar-refractivity contribution is -0.127. The zero-order valence-corrected chi connectivity index (χ0v) is 29.3. The molecule has 1 saturated heterocycles. The first-order chi connectivity index (χ1) is 26.4. The molecule has 0 radical (unpaired) electrons. The van der Waals surface area contributed by atoms with E-state index in [1.165, 1.54) is 29.2 Å². The van der Waals surface area contributed by atoms with E-state index in [0.717, 1.165) is 41.6 Å². The van der Waals surface area contributed by atoms with Crippen LogP contribution in [0.4, 0.5) is 0 Å². The number of rotatable bonds is 8. The topological polar surface area (TPSA) is 158 Å². The van der Waals surface area contributed by atoms with Crippen LogP contribution in [0.3, 0.4) is 0 Å². The number of carbonyl (C=O) groups excluding carboxylic acids is 3. The average molecular weight is 720 g/mol. The number of aromatic amines is 1. The lowest BCUT2D eigenvalue weighted by atomic mass is 9.96. The summed E-state index contributed by atoms with van der Waals surface area (Å²) in [5, 5.41) is 10.5. The molecule has 3 amide bonds. The molecule has 0 atom stereocenters. The molecule has 2 aromatic carbocycles. The molecule has 54 heavy (non-hydrogen) atoms. The van der Waals surface area contributed by atoms with Gasteiger partial charge in [-0.15, -0.1) is 0 Å². The molecule has 3 N–H and O–H groups in total. The predicted molar refractivity (Wildman–Crippen MR) is 204 cm³/mol. The molecule has 0 bridgehead atoms. The van der Waals surface area contributed by atoms with Crippen LogP contribution in [-0.4, -0.2) is 72.3 Å².